The van der Waals surface area contributed by atoms with Crippen molar-refractivity contribution in [3.8, 4) is 0 Å². The summed E-state index contributed by atoms with van der Waals surface area (Å²) in [6.07, 6.45) is 3.40. The molecule has 0 aliphatic carbocycles. The number of hydrogen-bond acceptors (Lipinski definition) is 3. The topological polar surface area (TPSA) is 57.8 Å². The predicted octanol–water partition coefficient (Wildman–Crippen LogP) is 4.30. The van der Waals surface area contributed by atoms with Crippen LogP contribution in [0, 0.1) is 0 Å². The minimum Gasteiger partial charge on any atom is -0.381 e. The lowest BCUT2D eigenvalue weighted by Crippen LogP contribution is -2.15. The van der Waals surface area contributed by atoms with E-state index in [4.69, 9.17) is 0 Å². The molecule has 0 radical (unpaired) electrons. The number of carbonyl (C=O) groups excluding carboxylic acids is 1. The summed E-state index contributed by atoms with van der Waals surface area (Å²) >= 11 is 0. The van der Waals surface area contributed by atoms with Crippen LogP contribution < -0.4 is 5.32 Å². The van der Waals surface area contributed by atoms with Gasteiger partial charge in [-0.05, 0) is 18.6 Å². The van der Waals surface area contributed by atoms with Gasteiger partial charge in [0.25, 0.3) is 0 Å². The number of Topliss-reactive ketones (excluding diaryl/α,β-unsaturated/α-hetero) is 1. The van der Waals surface area contributed by atoms with E-state index in [2.05, 4.69) is 36.3 Å². The fourth-order valence-corrected chi connectivity index (χ4v) is 2.47. The summed E-state index contributed by atoms with van der Waals surface area (Å²) in [5.74, 6) is 0.199. The molecular weight excluding hydrogens is 274 g/mol. The first-order valence-electron chi connectivity index (χ1n) is 7.82. The molecule has 0 spiro atoms. The van der Waals surface area contributed by atoms with E-state index in [1.54, 1.807) is 0 Å². The Hall–Kier alpha value is -2.10. The van der Waals surface area contributed by atoms with Gasteiger partial charge in [0.1, 0.15) is 0 Å². The molecule has 0 aliphatic rings. The number of aromatic amines is 1. The molecule has 22 heavy (non-hydrogen) atoms. The number of benzene rings is 1. The number of aromatic nitrogens is 2. The molecule has 0 aliphatic heterocycles. The van der Waals surface area contributed by atoms with Crippen molar-refractivity contribution < 1.29 is 4.79 Å². The third-order valence-corrected chi connectivity index (χ3v) is 3.57. The molecular formula is C18H25N3O. The average Bonchev–Trinajstić information content (AvgIpc) is 2.94. The fourth-order valence-electron chi connectivity index (χ4n) is 2.47. The SMILES string of the molecule is CCCC(=O)c1cccc(NCc2c[nH]nc2C(C)(C)C)c1. The number of nitrogens with one attached hydrogen (secondary N) is 2. The van der Waals surface area contributed by atoms with Gasteiger partial charge in [0.05, 0.1) is 5.69 Å². The molecule has 1 aromatic heterocycles. The van der Waals surface area contributed by atoms with Crippen molar-refractivity contribution in [3.63, 3.8) is 0 Å². The van der Waals surface area contributed by atoms with E-state index in [1.807, 2.05) is 37.4 Å². The molecule has 4 nitrogen and oxygen atoms in total. The summed E-state index contributed by atoms with van der Waals surface area (Å²) in [6.45, 7) is 9.16. The third kappa shape index (κ3) is 3.97. The minimum absolute atomic E-state index is 0.00987. The monoisotopic (exact) mass is 299 g/mol. The third-order valence-electron chi connectivity index (χ3n) is 3.57. The van der Waals surface area contributed by atoms with Crippen LogP contribution in [0.3, 0.4) is 0 Å². The van der Waals surface area contributed by atoms with Crippen LogP contribution in [-0.2, 0) is 12.0 Å². The zero-order valence-electron chi connectivity index (χ0n) is 13.9. The Balaban J connectivity index is 2.08. The highest BCUT2D eigenvalue weighted by Crippen LogP contribution is 2.24. The molecule has 2 N–H and O–H groups in total. The molecule has 0 atom stereocenters. The van der Waals surface area contributed by atoms with Gasteiger partial charge in [-0.15, -0.1) is 0 Å². The Labute approximate surface area is 132 Å². The summed E-state index contributed by atoms with van der Waals surface area (Å²) in [4.78, 5) is 12.0. The molecule has 0 saturated carbocycles. The second-order valence-corrected chi connectivity index (χ2v) is 6.62. The summed E-state index contributed by atoms with van der Waals surface area (Å²) in [6, 6.07) is 7.71. The Morgan fingerprint density at radius 2 is 2.09 bits per heavy atom. The minimum atomic E-state index is 0.00987. The number of nitrogens with zero attached hydrogens (tertiary/aromatic N) is 1. The highest BCUT2D eigenvalue weighted by molar-refractivity contribution is 5.96. The standard InChI is InChI=1S/C18H25N3O/c1-5-7-16(22)13-8-6-9-15(10-13)19-11-14-12-20-21-17(14)18(2,3)4/h6,8-10,12,19H,5,7,11H2,1-4H3,(H,20,21). The molecule has 0 fully saturated rings. The van der Waals surface area contributed by atoms with Crippen LogP contribution in [0.15, 0.2) is 30.5 Å². The number of ketones is 1. The van der Waals surface area contributed by atoms with E-state index in [1.165, 1.54) is 0 Å². The van der Waals surface area contributed by atoms with Gasteiger partial charge in [0, 0.05) is 41.4 Å². The van der Waals surface area contributed by atoms with E-state index < -0.39 is 0 Å². The van der Waals surface area contributed by atoms with E-state index in [0.29, 0.717) is 13.0 Å². The van der Waals surface area contributed by atoms with Crippen LogP contribution >= 0.6 is 0 Å². The number of hydrogen-bond donors (Lipinski definition) is 2. The summed E-state index contributed by atoms with van der Waals surface area (Å²) in [7, 11) is 0. The maximum Gasteiger partial charge on any atom is 0.162 e. The second kappa shape index (κ2) is 6.77. The van der Waals surface area contributed by atoms with Crippen LogP contribution in [0.4, 0.5) is 5.69 Å². The van der Waals surface area contributed by atoms with Crippen molar-refractivity contribution >= 4 is 11.5 Å². The molecule has 0 unspecified atom stereocenters. The van der Waals surface area contributed by atoms with Crippen molar-refractivity contribution in [1.82, 2.24) is 10.2 Å². The summed E-state index contributed by atoms with van der Waals surface area (Å²) < 4.78 is 0. The smallest absolute Gasteiger partial charge is 0.162 e. The van der Waals surface area contributed by atoms with Crippen molar-refractivity contribution in [2.45, 2.75) is 52.5 Å². The van der Waals surface area contributed by atoms with E-state index >= 15 is 0 Å². The van der Waals surface area contributed by atoms with Gasteiger partial charge in [-0.2, -0.15) is 5.10 Å². The molecule has 0 bridgehead atoms. The van der Waals surface area contributed by atoms with Crippen molar-refractivity contribution in [1.29, 1.82) is 0 Å². The first-order valence-corrected chi connectivity index (χ1v) is 7.82. The normalized spacial score (nSPS) is 11.5. The predicted molar refractivity (Wildman–Crippen MR) is 90.3 cm³/mol. The zero-order valence-corrected chi connectivity index (χ0v) is 13.9. The molecule has 0 saturated heterocycles. The zero-order chi connectivity index (χ0) is 16.2. The maximum atomic E-state index is 12.0. The number of H-pyrrole nitrogens is 1. The van der Waals surface area contributed by atoms with E-state index in [9.17, 15) is 4.79 Å². The highest BCUT2D eigenvalue weighted by Gasteiger charge is 2.20. The van der Waals surface area contributed by atoms with Gasteiger partial charge in [0.2, 0.25) is 0 Å². The van der Waals surface area contributed by atoms with Crippen molar-refractivity contribution in [2.75, 3.05) is 5.32 Å². The molecule has 0 amide bonds. The first kappa shape index (κ1) is 16.3. The molecule has 118 valence electrons. The molecule has 1 aromatic carbocycles. The van der Waals surface area contributed by atoms with Gasteiger partial charge in [-0.1, -0.05) is 39.8 Å². The highest BCUT2D eigenvalue weighted by atomic mass is 16.1. The average molecular weight is 299 g/mol. The number of anilines is 1. The van der Waals surface area contributed by atoms with Crippen LogP contribution in [0.25, 0.3) is 0 Å². The van der Waals surface area contributed by atoms with Gasteiger partial charge in [-0.25, -0.2) is 0 Å². The number of carbonyl (C=O) groups is 1. The van der Waals surface area contributed by atoms with E-state index in [0.717, 1.165) is 28.9 Å². The molecule has 1 heterocycles. The lowest BCUT2D eigenvalue weighted by atomic mass is 9.89. The lowest BCUT2D eigenvalue weighted by Gasteiger charge is -2.18. The molecule has 2 aromatic rings. The van der Waals surface area contributed by atoms with Gasteiger partial charge in [-0.3, -0.25) is 9.89 Å². The van der Waals surface area contributed by atoms with Crippen molar-refractivity contribution in [3.05, 3.63) is 47.3 Å². The largest absolute Gasteiger partial charge is 0.381 e. The summed E-state index contributed by atoms with van der Waals surface area (Å²) in [5.41, 5.74) is 3.96. The van der Waals surface area contributed by atoms with E-state index in [-0.39, 0.29) is 11.2 Å². The number of rotatable bonds is 6. The molecule has 2 rings (SSSR count). The quantitative estimate of drug-likeness (QED) is 0.782. The molecule has 4 heteroatoms. The van der Waals surface area contributed by atoms with Gasteiger partial charge < -0.3 is 5.32 Å². The van der Waals surface area contributed by atoms with Crippen LogP contribution in [0.5, 0.6) is 0 Å². The summed E-state index contributed by atoms with van der Waals surface area (Å²) in [5, 5.41) is 10.7. The Morgan fingerprint density at radius 3 is 2.77 bits per heavy atom. The Morgan fingerprint density at radius 1 is 1.32 bits per heavy atom. The first-order chi connectivity index (χ1) is 10.4. The van der Waals surface area contributed by atoms with Crippen LogP contribution in [0.1, 0.15) is 62.2 Å². The van der Waals surface area contributed by atoms with Gasteiger partial charge in [0.15, 0.2) is 5.78 Å². The van der Waals surface area contributed by atoms with Crippen molar-refractivity contribution in [2.24, 2.45) is 0 Å². The Bertz CT molecular complexity index is 638. The van der Waals surface area contributed by atoms with Gasteiger partial charge >= 0.3 is 0 Å². The Kier molecular flexibility index (Phi) is 5.01. The fraction of sp³-hybridized carbons (Fsp3) is 0.444. The maximum absolute atomic E-state index is 12.0. The van der Waals surface area contributed by atoms with Crippen LogP contribution in [0.2, 0.25) is 0 Å². The van der Waals surface area contributed by atoms with Crippen LogP contribution in [-0.4, -0.2) is 16.0 Å². The lowest BCUT2D eigenvalue weighted by molar-refractivity contribution is 0.0982. The second-order valence-electron chi connectivity index (χ2n) is 6.62.